The summed E-state index contributed by atoms with van der Waals surface area (Å²) in [4.78, 5) is 2.46. The van der Waals surface area contributed by atoms with Crippen LogP contribution in [-0.2, 0) is 0 Å². The maximum absolute atomic E-state index is 9.15. The molecule has 0 radical (unpaired) electrons. The van der Waals surface area contributed by atoms with E-state index < -0.39 is 0 Å². The predicted octanol–water partition coefficient (Wildman–Crippen LogP) is 2.27. The van der Waals surface area contributed by atoms with E-state index in [0.29, 0.717) is 12.5 Å². The molecule has 1 atom stereocenters. The van der Waals surface area contributed by atoms with Gasteiger partial charge in [-0.15, -0.1) is 0 Å². The van der Waals surface area contributed by atoms with Gasteiger partial charge in [0.15, 0.2) is 0 Å². The van der Waals surface area contributed by atoms with Gasteiger partial charge in [0.2, 0.25) is 0 Å². The monoisotopic (exact) mass is 199 g/mol. The lowest BCUT2D eigenvalue weighted by atomic mass is 9.93. The van der Waals surface area contributed by atoms with Gasteiger partial charge in [-0.3, -0.25) is 0 Å². The predicted molar refractivity (Wildman–Crippen MR) is 60.4 cm³/mol. The minimum Gasteiger partial charge on any atom is -0.396 e. The van der Waals surface area contributed by atoms with E-state index in [9.17, 15) is 0 Å². The Morgan fingerprint density at radius 3 is 2.43 bits per heavy atom. The van der Waals surface area contributed by atoms with E-state index in [1.165, 1.54) is 32.1 Å². The first-order valence-electron chi connectivity index (χ1n) is 6.09. The molecule has 0 heterocycles. The lowest BCUT2D eigenvalue weighted by Gasteiger charge is -2.33. The van der Waals surface area contributed by atoms with Crippen molar-refractivity contribution in [2.45, 2.75) is 51.5 Å². The fourth-order valence-corrected chi connectivity index (χ4v) is 2.39. The van der Waals surface area contributed by atoms with Crippen LogP contribution in [0.2, 0.25) is 0 Å². The standard InChI is InChI=1S/C12H25NO/c1-3-11(10-14)9-13(2)12-7-5-4-6-8-12/h11-12,14H,3-10H2,1-2H3. The molecule has 0 bridgehead atoms. The zero-order valence-electron chi connectivity index (χ0n) is 9.71. The van der Waals surface area contributed by atoms with Crippen molar-refractivity contribution in [2.75, 3.05) is 20.2 Å². The molecule has 0 spiro atoms. The second-order valence-corrected chi connectivity index (χ2v) is 4.69. The van der Waals surface area contributed by atoms with E-state index in [1.807, 2.05) is 0 Å². The molecular weight excluding hydrogens is 174 g/mol. The summed E-state index contributed by atoms with van der Waals surface area (Å²) in [6.45, 7) is 3.57. The van der Waals surface area contributed by atoms with Crippen LogP contribution in [0.25, 0.3) is 0 Å². The van der Waals surface area contributed by atoms with Crippen LogP contribution >= 0.6 is 0 Å². The third-order valence-corrected chi connectivity index (χ3v) is 3.58. The third-order valence-electron chi connectivity index (χ3n) is 3.58. The fraction of sp³-hybridized carbons (Fsp3) is 1.00. The summed E-state index contributed by atoms with van der Waals surface area (Å²) in [5.74, 6) is 0.474. The largest absolute Gasteiger partial charge is 0.396 e. The number of rotatable bonds is 5. The highest BCUT2D eigenvalue weighted by Gasteiger charge is 2.19. The van der Waals surface area contributed by atoms with Gasteiger partial charge in [-0.25, -0.2) is 0 Å². The van der Waals surface area contributed by atoms with Crippen LogP contribution in [0.5, 0.6) is 0 Å². The quantitative estimate of drug-likeness (QED) is 0.734. The molecule has 0 amide bonds. The Bertz CT molecular complexity index is 139. The van der Waals surface area contributed by atoms with Crippen molar-refractivity contribution in [3.05, 3.63) is 0 Å². The zero-order valence-corrected chi connectivity index (χ0v) is 9.71. The molecular formula is C12H25NO. The van der Waals surface area contributed by atoms with Gasteiger partial charge in [-0.1, -0.05) is 26.2 Å². The van der Waals surface area contributed by atoms with Crippen molar-refractivity contribution in [1.29, 1.82) is 0 Å². The summed E-state index contributed by atoms with van der Waals surface area (Å²) in [7, 11) is 2.22. The second kappa shape index (κ2) is 6.41. The van der Waals surface area contributed by atoms with Crippen molar-refractivity contribution in [3.63, 3.8) is 0 Å². The van der Waals surface area contributed by atoms with Crippen LogP contribution in [0.3, 0.4) is 0 Å². The molecule has 1 saturated carbocycles. The highest BCUT2D eigenvalue weighted by Crippen LogP contribution is 2.22. The molecule has 1 aliphatic rings. The second-order valence-electron chi connectivity index (χ2n) is 4.69. The Balaban J connectivity index is 2.27. The van der Waals surface area contributed by atoms with Crippen LogP contribution in [0.15, 0.2) is 0 Å². The van der Waals surface area contributed by atoms with Gasteiger partial charge in [-0.05, 0) is 32.2 Å². The van der Waals surface area contributed by atoms with E-state index in [2.05, 4.69) is 18.9 Å². The zero-order chi connectivity index (χ0) is 10.4. The van der Waals surface area contributed by atoms with Crippen LogP contribution in [0, 0.1) is 5.92 Å². The molecule has 2 heteroatoms. The Morgan fingerprint density at radius 1 is 1.29 bits per heavy atom. The highest BCUT2D eigenvalue weighted by atomic mass is 16.3. The third kappa shape index (κ3) is 3.58. The molecule has 1 N–H and O–H groups in total. The molecule has 2 nitrogen and oxygen atoms in total. The van der Waals surface area contributed by atoms with Crippen LogP contribution in [0.4, 0.5) is 0 Å². The lowest BCUT2D eigenvalue weighted by molar-refractivity contribution is 0.129. The molecule has 84 valence electrons. The number of aliphatic hydroxyl groups is 1. The Hall–Kier alpha value is -0.0800. The number of hydrogen-bond donors (Lipinski definition) is 1. The van der Waals surface area contributed by atoms with E-state index in [-0.39, 0.29) is 0 Å². The summed E-state index contributed by atoms with van der Waals surface area (Å²) in [5.41, 5.74) is 0. The van der Waals surface area contributed by atoms with Crippen molar-refractivity contribution >= 4 is 0 Å². The van der Waals surface area contributed by atoms with E-state index in [0.717, 1.165) is 19.0 Å². The lowest BCUT2D eigenvalue weighted by Crippen LogP contribution is -2.37. The van der Waals surface area contributed by atoms with Crippen LogP contribution in [0.1, 0.15) is 45.4 Å². The van der Waals surface area contributed by atoms with Crippen LogP contribution < -0.4 is 0 Å². The average Bonchev–Trinajstić information content (AvgIpc) is 2.26. The van der Waals surface area contributed by atoms with Crippen molar-refractivity contribution in [1.82, 2.24) is 4.90 Å². The molecule has 0 aromatic heterocycles. The summed E-state index contributed by atoms with van der Waals surface area (Å²) in [6.07, 6.45) is 8.02. The van der Waals surface area contributed by atoms with Crippen molar-refractivity contribution < 1.29 is 5.11 Å². The average molecular weight is 199 g/mol. The summed E-state index contributed by atoms with van der Waals surface area (Å²) in [6, 6.07) is 0.782. The fourth-order valence-electron chi connectivity index (χ4n) is 2.39. The van der Waals surface area contributed by atoms with Gasteiger partial charge in [0.25, 0.3) is 0 Å². The highest BCUT2D eigenvalue weighted by molar-refractivity contribution is 4.75. The van der Waals surface area contributed by atoms with Crippen LogP contribution in [-0.4, -0.2) is 36.2 Å². The minimum atomic E-state index is 0.341. The summed E-state index contributed by atoms with van der Waals surface area (Å²) in [5, 5.41) is 9.15. The minimum absolute atomic E-state index is 0.341. The molecule has 14 heavy (non-hydrogen) atoms. The Morgan fingerprint density at radius 2 is 1.93 bits per heavy atom. The SMILES string of the molecule is CCC(CO)CN(C)C1CCCCC1. The molecule has 1 unspecified atom stereocenters. The Labute approximate surface area is 88.3 Å². The molecule has 1 rings (SSSR count). The molecule has 1 aliphatic carbocycles. The first kappa shape index (κ1) is 12.0. The molecule has 0 aromatic carbocycles. The van der Waals surface area contributed by atoms with Gasteiger partial charge in [0, 0.05) is 19.2 Å². The number of aliphatic hydroxyl groups excluding tert-OH is 1. The smallest absolute Gasteiger partial charge is 0.0471 e. The van der Waals surface area contributed by atoms with Gasteiger partial charge in [0.1, 0.15) is 0 Å². The maximum Gasteiger partial charge on any atom is 0.0471 e. The first-order chi connectivity index (χ1) is 6.77. The summed E-state index contributed by atoms with van der Waals surface area (Å²) >= 11 is 0. The van der Waals surface area contributed by atoms with E-state index >= 15 is 0 Å². The van der Waals surface area contributed by atoms with Gasteiger partial charge in [-0.2, -0.15) is 0 Å². The van der Waals surface area contributed by atoms with Crippen molar-refractivity contribution in [3.8, 4) is 0 Å². The summed E-state index contributed by atoms with van der Waals surface area (Å²) < 4.78 is 0. The topological polar surface area (TPSA) is 23.5 Å². The molecule has 0 saturated heterocycles. The van der Waals surface area contributed by atoms with Gasteiger partial charge in [0.05, 0.1) is 0 Å². The molecule has 1 fully saturated rings. The van der Waals surface area contributed by atoms with Crippen molar-refractivity contribution in [2.24, 2.45) is 5.92 Å². The molecule has 0 aromatic rings. The number of nitrogens with zero attached hydrogens (tertiary/aromatic N) is 1. The number of hydrogen-bond acceptors (Lipinski definition) is 2. The first-order valence-corrected chi connectivity index (χ1v) is 6.09. The molecule has 0 aliphatic heterocycles. The van der Waals surface area contributed by atoms with E-state index in [1.54, 1.807) is 0 Å². The van der Waals surface area contributed by atoms with Gasteiger partial charge < -0.3 is 10.0 Å². The van der Waals surface area contributed by atoms with E-state index in [4.69, 9.17) is 5.11 Å². The van der Waals surface area contributed by atoms with Gasteiger partial charge >= 0.3 is 0 Å². The normalized spacial score (nSPS) is 21.4. The Kier molecular flexibility index (Phi) is 5.49. The maximum atomic E-state index is 9.15.